The van der Waals surface area contributed by atoms with E-state index in [1.165, 1.54) is 13.0 Å². The highest BCUT2D eigenvalue weighted by Gasteiger charge is 2.36. The summed E-state index contributed by atoms with van der Waals surface area (Å²) in [6.07, 6.45) is -4.51. The Labute approximate surface area is 100 Å². The number of halogens is 3. The molecule has 0 unspecified atom stereocenters. The largest absolute Gasteiger partial charge is 0.433 e. The lowest BCUT2D eigenvalue weighted by atomic mass is 10.3. The second-order valence-electron chi connectivity index (χ2n) is 3.81. The van der Waals surface area contributed by atoms with Gasteiger partial charge in [0.15, 0.2) is 5.82 Å². The summed E-state index contributed by atoms with van der Waals surface area (Å²) >= 11 is 0. The summed E-state index contributed by atoms with van der Waals surface area (Å²) in [7, 11) is 0. The summed E-state index contributed by atoms with van der Waals surface area (Å²) in [6, 6.07) is 2.34. The summed E-state index contributed by atoms with van der Waals surface area (Å²) < 4.78 is 39.2. The van der Waals surface area contributed by atoms with E-state index in [1.807, 2.05) is 0 Å². The van der Waals surface area contributed by atoms with Crippen LogP contribution in [0.4, 0.5) is 19.1 Å². The van der Waals surface area contributed by atoms with Gasteiger partial charge in [-0.15, -0.1) is 0 Å². The summed E-state index contributed by atoms with van der Waals surface area (Å²) in [5.74, 6) is -0.0910. The average molecular weight is 257 g/mol. The van der Waals surface area contributed by atoms with Crippen molar-refractivity contribution in [2.45, 2.75) is 20.0 Å². The molecular weight excluding hydrogens is 247 g/mol. The summed E-state index contributed by atoms with van der Waals surface area (Å²) in [5.41, 5.74) is 5.25. The molecule has 0 aliphatic rings. The molecular formula is C10H10F3N5. The molecule has 2 rings (SSSR count). The third-order valence-electron chi connectivity index (χ3n) is 2.20. The van der Waals surface area contributed by atoms with E-state index in [0.29, 0.717) is 5.69 Å². The zero-order valence-corrected chi connectivity index (χ0v) is 9.65. The molecule has 0 amide bonds. The van der Waals surface area contributed by atoms with E-state index >= 15 is 0 Å². The minimum atomic E-state index is -4.51. The van der Waals surface area contributed by atoms with Crippen LogP contribution >= 0.6 is 0 Å². The third kappa shape index (κ3) is 2.27. The predicted molar refractivity (Wildman–Crippen MR) is 58.0 cm³/mol. The first kappa shape index (κ1) is 12.3. The van der Waals surface area contributed by atoms with Crippen LogP contribution < -0.4 is 5.73 Å². The summed E-state index contributed by atoms with van der Waals surface area (Å²) in [5, 5.41) is 3.78. The average Bonchev–Trinajstić information content (AvgIpc) is 2.58. The molecule has 0 radical (unpaired) electrons. The first-order valence-corrected chi connectivity index (χ1v) is 5.03. The first-order valence-electron chi connectivity index (χ1n) is 5.03. The van der Waals surface area contributed by atoms with Crippen LogP contribution in [0, 0.1) is 13.8 Å². The predicted octanol–water partition coefficient (Wildman–Crippen LogP) is 1.88. The molecule has 2 N–H and O–H groups in total. The summed E-state index contributed by atoms with van der Waals surface area (Å²) in [4.78, 5) is 7.56. The van der Waals surface area contributed by atoms with Crippen LogP contribution in [-0.4, -0.2) is 19.7 Å². The van der Waals surface area contributed by atoms with Crippen LogP contribution in [0.3, 0.4) is 0 Å². The van der Waals surface area contributed by atoms with Gasteiger partial charge in [0.25, 0.3) is 0 Å². The quantitative estimate of drug-likeness (QED) is 0.846. The van der Waals surface area contributed by atoms with Gasteiger partial charge in [0.05, 0.1) is 5.69 Å². The van der Waals surface area contributed by atoms with Gasteiger partial charge in [-0.3, -0.25) is 0 Å². The molecule has 2 aromatic heterocycles. The Kier molecular flexibility index (Phi) is 2.72. The maximum Gasteiger partial charge on any atom is 0.433 e. The van der Waals surface area contributed by atoms with Gasteiger partial charge < -0.3 is 5.73 Å². The molecule has 0 bridgehead atoms. The number of rotatable bonds is 1. The maximum absolute atomic E-state index is 12.8. The fourth-order valence-corrected chi connectivity index (χ4v) is 1.56. The van der Waals surface area contributed by atoms with Gasteiger partial charge in [-0.1, -0.05) is 0 Å². The molecule has 5 nitrogen and oxygen atoms in total. The Morgan fingerprint density at radius 3 is 2.33 bits per heavy atom. The number of aryl methyl sites for hydroxylation is 2. The van der Waals surface area contributed by atoms with Gasteiger partial charge in [-0.2, -0.15) is 23.3 Å². The number of aromatic nitrogens is 4. The molecule has 0 saturated carbocycles. The highest BCUT2D eigenvalue weighted by Crippen LogP contribution is 2.31. The van der Waals surface area contributed by atoms with Crippen LogP contribution in [0.2, 0.25) is 0 Å². The van der Waals surface area contributed by atoms with E-state index in [2.05, 4.69) is 15.1 Å². The zero-order valence-electron chi connectivity index (χ0n) is 9.65. The molecule has 2 aromatic rings. The van der Waals surface area contributed by atoms with Crippen molar-refractivity contribution >= 4 is 5.95 Å². The number of nitrogens with zero attached hydrogens (tertiary/aromatic N) is 4. The van der Waals surface area contributed by atoms with Crippen LogP contribution in [0.25, 0.3) is 5.82 Å². The molecule has 96 valence electrons. The molecule has 0 aliphatic carbocycles. The molecule has 0 aliphatic heterocycles. The second kappa shape index (κ2) is 3.97. The van der Waals surface area contributed by atoms with E-state index in [9.17, 15) is 13.2 Å². The number of nitrogens with two attached hydrogens (primary N) is 1. The number of anilines is 1. The number of hydrogen-bond donors (Lipinski definition) is 1. The van der Waals surface area contributed by atoms with Crippen molar-refractivity contribution < 1.29 is 13.2 Å². The Morgan fingerprint density at radius 2 is 1.78 bits per heavy atom. The molecule has 2 heterocycles. The fourth-order valence-electron chi connectivity index (χ4n) is 1.56. The number of nitrogen functional groups attached to an aromatic ring is 1. The third-order valence-corrected chi connectivity index (χ3v) is 2.20. The van der Waals surface area contributed by atoms with Gasteiger partial charge in [0.1, 0.15) is 5.69 Å². The van der Waals surface area contributed by atoms with Crippen molar-refractivity contribution in [3.63, 3.8) is 0 Å². The summed E-state index contributed by atoms with van der Waals surface area (Å²) in [6.45, 7) is 3.09. The van der Waals surface area contributed by atoms with Crippen molar-refractivity contribution in [2.75, 3.05) is 5.73 Å². The van der Waals surface area contributed by atoms with Crippen molar-refractivity contribution in [3.05, 3.63) is 29.2 Å². The monoisotopic (exact) mass is 257 g/mol. The molecule has 0 atom stereocenters. The first-order chi connectivity index (χ1) is 8.27. The van der Waals surface area contributed by atoms with E-state index in [4.69, 9.17) is 5.73 Å². The van der Waals surface area contributed by atoms with E-state index < -0.39 is 11.9 Å². The van der Waals surface area contributed by atoms with Crippen molar-refractivity contribution in [3.8, 4) is 5.82 Å². The lowest BCUT2D eigenvalue weighted by Gasteiger charge is -2.10. The number of alkyl halides is 3. The molecule has 18 heavy (non-hydrogen) atoms. The van der Waals surface area contributed by atoms with Gasteiger partial charge in [-0.25, -0.2) is 9.67 Å². The fraction of sp³-hybridized carbons (Fsp3) is 0.300. The highest BCUT2D eigenvalue weighted by atomic mass is 19.4. The van der Waals surface area contributed by atoms with E-state index in [-0.39, 0.29) is 17.5 Å². The van der Waals surface area contributed by atoms with Gasteiger partial charge >= 0.3 is 6.18 Å². The maximum atomic E-state index is 12.8. The molecule has 8 heteroatoms. The van der Waals surface area contributed by atoms with Gasteiger partial charge in [-0.05, 0) is 19.9 Å². The Hall–Kier alpha value is -2.12. The normalized spacial score (nSPS) is 11.8. The molecule has 0 saturated heterocycles. The Bertz CT molecular complexity index is 567. The SMILES string of the molecule is Cc1cc(-n2nc(C)cc2C(F)(F)F)nc(N)n1. The van der Waals surface area contributed by atoms with Gasteiger partial charge in [0, 0.05) is 11.8 Å². The number of hydrogen-bond acceptors (Lipinski definition) is 4. The van der Waals surface area contributed by atoms with E-state index in [1.54, 1.807) is 6.92 Å². The smallest absolute Gasteiger partial charge is 0.368 e. The molecule has 0 aromatic carbocycles. The highest BCUT2D eigenvalue weighted by molar-refractivity contribution is 5.33. The zero-order chi connectivity index (χ0) is 13.5. The topological polar surface area (TPSA) is 69.6 Å². The van der Waals surface area contributed by atoms with Crippen LogP contribution in [-0.2, 0) is 6.18 Å². The minimum Gasteiger partial charge on any atom is -0.368 e. The van der Waals surface area contributed by atoms with E-state index in [0.717, 1.165) is 10.7 Å². The van der Waals surface area contributed by atoms with Gasteiger partial charge in [0.2, 0.25) is 5.95 Å². The van der Waals surface area contributed by atoms with Crippen LogP contribution in [0.1, 0.15) is 17.1 Å². The Balaban J connectivity index is 2.63. The molecule has 0 spiro atoms. The van der Waals surface area contributed by atoms with Crippen molar-refractivity contribution in [2.24, 2.45) is 0 Å². The lowest BCUT2D eigenvalue weighted by Crippen LogP contribution is -2.15. The Morgan fingerprint density at radius 1 is 1.11 bits per heavy atom. The van der Waals surface area contributed by atoms with Crippen LogP contribution in [0.15, 0.2) is 12.1 Å². The van der Waals surface area contributed by atoms with Crippen LogP contribution in [0.5, 0.6) is 0 Å². The minimum absolute atomic E-state index is 0.000394. The lowest BCUT2D eigenvalue weighted by molar-refractivity contribution is -0.142. The standard InChI is InChI=1S/C10H10F3N5/c1-5-4-8(16-9(14)15-5)18-7(10(11,12)13)3-6(2)17-18/h3-4H,1-2H3,(H2,14,15,16). The van der Waals surface area contributed by atoms with Crippen molar-refractivity contribution in [1.29, 1.82) is 0 Å². The second-order valence-corrected chi connectivity index (χ2v) is 3.81. The molecule has 0 fully saturated rings. The van der Waals surface area contributed by atoms with Crippen molar-refractivity contribution in [1.82, 2.24) is 19.7 Å².